The lowest BCUT2D eigenvalue weighted by Crippen LogP contribution is -2.19. The first-order valence-electron chi connectivity index (χ1n) is 11.1. The third kappa shape index (κ3) is 12.7. The monoisotopic (exact) mass is 390 g/mol. The molecule has 0 aliphatic heterocycles. The summed E-state index contributed by atoms with van der Waals surface area (Å²) in [7, 11) is 0. The minimum Gasteiger partial charge on any atom is -0.457 e. The Bertz CT molecular complexity index is 527. The molecular formula is C24H38O4. The number of benzene rings is 1. The number of carbonyl (C=O) groups is 2. The molecule has 1 aromatic rings. The highest BCUT2D eigenvalue weighted by atomic mass is 16.5. The summed E-state index contributed by atoms with van der Waals surface area (Å²) in [6.07, 6.45) is 13.7. The number of aliphatic hydroxyl groups is 1. The number of carbonyl (C=O) groups excluding carboxylic acids is 2. The van der Waals surface area contributed by atoms with Crippen LogP contribution in [0.1, 0.15) is 101 Å². The van der Waals surface area contributed by atoms with Gasteiger partial charge in [0, 0.05) is 5.56 Å². The van der Waals surface area contributed by atoms with Crippen LogP contribution in [0.2, 0.25) is 0 Å². The van der Waals surface area contributed by atoms with E-state index in [9.17, 15) is 14.7 Å². The van der Waals surface area contributed by atoms with Gasteiger partial charge in [-0.05, 0) is 6.42 Å². The molecule has 158 valence electrons. The summed E-state index contributed by atoms with van der Waals surface area (Å²) >= 11 is 0. The first-order chi connectivity index (χ1) is 13.6. The fourth-order valence-electron chi connectivity index (χ4n) is 3.25. The van der Waals surface area contributed by atoms with Crippen LogP contribution in [-0.2, 0) is 9.53 Å². The van der Waals surface area contributed by atoms with Gasteiger partial charge in [-0.3, -0.25) is 9.59 Å². The molecular weight excluding hydrogens is 352 g/mol. The van der Waals surface area contributed by atoms with Gasteiger partial charge < -0.3 is 9.84 Å². The Labute approximate surface area is 170 Å². The van der Waals surface area contributed by atoms with Crippen molar-refractivity contribution in [2.24, 2.45) is 0 Å². The summed E-state index contributed by atoms with van der Waals surface area (Å²) in [5.41, 5.74) is 0.525. The Morgan fingerprint density at radius 1 is 0.857 bits per heavy atom. The van der Waals surface area contributed by atoms with E-state index in [1.54, 1.807) is 24.3 Å². The van der Waals surface area contributed by atoms with Crippen LogP contribution in [0, 0.1) is 0 Å². The second-order valence-corrected chi connectivity index (χ2v) is 7.63. The molecule has 0 aliphatic carbocycles. The maximum absolute atomic E-state index is 11.9. The molecule has 0 saturated carbocycles. The molecule has 0 radical (unpaired) electrons. The van der Waals surface area contributed by atoms with Crippen molar-refractivity contribution in [2.45, 2.75) is 96.5 Å². The molecule has 1 unspecified atom stereocenters. The average molecular weight is 391 g/mol. The van der Waals surface area contributed by atoms with E-state index in [-0.39, 0.29) is 18.8 Å². The summed E-state index contributed by atoms with van der Waals surface area (Å²) in [5.74, 6) is -0.742. The van der Waals surface area contributed by atoms with Crippen LogP contribution in [0.4, 0.5) is 0 Å². The fraction of sp³-hybridized carbons (Fsp3) is 0.667. The number of hydrogen-bond acceptors (Lipinski definition) is 4. The first-order valence-corrected chi connectivity index (χ1v) is 11.1. The maximum Gasteiger partial charge on any atom is 0.308 e. The largest absolute Gasteiger partial charge is 0.457 e. The number of ether oxygens (including phenoxy) is 1. The Morgan fingerprint density at radius 3 is 1.96 bits per heavy atom. The molecule has 1 atom stereocenters. The van der Waals surface area contributed by atoms with Crippen LogP contribution in [0.15, 0.2) is 30.3 Å². The molecule has 4 heteroatoms. The van der Waals surface area contributed by atoms with Gasteiger partial charge in [0.1, 0.15) is 0 Å². The van der Waals surface area contributed by atoms with Crippen molar-refractivity contribution in [3.63, 3.8) is 0 Å². The Hall–Kier alpha value is -1.68. The van der Waals surface area contributed by atoms with E-state index in [4.69, 9.17) is 4.74 Å². The molecule has 28 heavy (non-hydrogen) atoms. The molecule has 0 saturated heterocycles. The smallest absolute Gasteiger partial charge is 0.308 e. The molecule has 1 rings (SSSR count). The lowest BCUT2D eigenvalue weighted by atomic mass is 10.0. The Kier molecular flexibility index (Phi) is 14.2. The zero-order valence-electron chi connectivity index (χ0n) is 17.5. The van der Waals surface area contributed by atoms with Crippen molar-refractivity contribution in [1.82, 2.24) is 0 Å². The van der Waals surface area contributed by atoms with Crippen LogP contribution in [-0.4, -0.2) is 29.6 Å². The first kappa shape index (κ1) is 24.4. The van der Waals surface area contributed by atoms with Crippen molar-refractivity contribution >= 4 is 11.8 Å². The highest BCUT2D eigenvalue weighted by molar-refractivity contribution is 5.97. The molecule has 0 heterocycles. The summed E-state index contributed by atoms with van der Waals surface area (Å²) in [4.78, 5) is 23.6. The minimum atomic E-state index is -0.683. The van der Waals surface area contributed by atoms with Gasteiger partial charge in [0.05, 0.1) is 12.5 Å². The van der Waals surface area contributed by atoms with Crippen LogP contribution >= 0.6 is 0 Å². The van der Waals surface area contributed by atoms with E-state index in [0.29, 0.717) is 12.0 Å². The number of esters is 1. The van der Waals surface area contributed by atoms with Crippen molar-refractivity contribution < 1.29 is 19.4 Å². The van der Waals surface area contributed by atoms with Gasteiger partial charge in [-0.2, -0.15) is 0 Å². The summed E-state index contributed by atoms with van der Waals surface area (Å²) in [5, 5.41) is 9.96. The SMILES string of the molecule is CCCCCCCCCCCCCC(O)CC(=O)OCC(=O)c1ccccc1. The van der Waals surface area contributed by atoms with Gasteiger partial charge in [-0.1, -0.05) is 108 Å². The van der Waals surface area contributed by atoms with Gasteiger partial charge in [-0.15, -0.1) is 0 Å². The second kappa shape index (κ2) is 16.3. The van der Waals surface area contributed by atoms with E-state index in [1.807, 2.05) is 6.07 Å². The van der Waals surface area contributed by atoms with E-state index in [0.717, 1.165) is 12.8 Å². The van der Waals surface area contributed by atoms with E-state index in [2.05, 4.69) is 6.92 Å². The molecule has 0 aliphatic rings. The minimum absolute atomic E-state index is 0.0418. The quantitative estimate of drug-likeness (QED) is 0.205. The maximum atomic E-state index is 11.9. The predicted molar refractivity (Wildman–Crippen MR) is 113 cm³/mol. The molecule has 4 nitrogen and oxygen atoms in total. The van der Waals surface area contributed by atoms with E-state index >= 15 is 0 Å². The number of rotatable bonds is 17. The molecule has 1 aromatic carbocycles. The molecule has 0 aromatic heterocycles. The predicted octanol–water partition coefficient (Wildman–Crippen LogP) is 5.86. The third-order valence-electron chi connectivity index (χ3n) is 5.00. The lowest BCUT2D eigenvalue weighted by molar-refractivity contribution is -0.144. The number of Topliss-reactive ketones (excluding diaryl/α,β-unsaturated/α-hetero) is 1. The topological polar surface area (TPSA) is 63.6 Å². The number of hydrogen-bond donors (Lipinski definition) is 1. The van der Waals surface area contributed by atoms with Gasteiger partial charge in [0.25, 0.3) is 0 Å². The van der Waals surface area contributed by atoms with Gasteiger partial charge >= 0.3 is 5.97 Å². The Balaban J connectivity index is 1.96. The van der Waals surface area contributed by atoms with Crippen LogP contribution in [0.5, 0.6) is 0 Å². The molecule has 0 fully saturated rings. The van der Waals surface area contributed by atoms with Gasteiger partial charge in [-0.25, -0.2) is 0 Å². The zero-order chi connectivity index (χ0) is 20.5. The van der Waals surface area contributed by atoms with Crippen molar-refractivity contribution in [3.05, 3.63) is 35.9 Å². The zero-order valence-corrected chi connectivity index (χ0v) is 17.5. The second-order valence-electron chi connectivity index (χ2n) is 7.63. The molecule has 0 bridgehead atoms. The summed E-state index contributed by atoms with van der Waals surface area (Å²) in [6.45, 7) is 1.97. The van der Waals surface area contributed by atoms with Crippen molar-refractivity contribution in [1.29, 1.82) is 0 Å². The van der Waals surface area contributed by atoms with Crippen LogP contribution in [0.25, 0.3) is 0 Å². The summed E-state index contributed by atoms with van der Waals surface area (Å²) < 4.78 is 4.99. The number of ketones is 1. The highest BCUT2D eigenvalue weighted by Gasteiger charge is 2.14. The fourth-order valence-corrected chi connectivity index (χ4v) is 3.25. The van der Waals surface area contributed by atoms with Crippen LogP contribution < -0.4 is 0 Å². The number of unbranched alkanes of at least 4 members (excludes halogenated alkanes) is 10. The standard InChI is InChI=1S/C24H38O4/c1-2-3-4-5-6-7-8-9-10-11-15-18-22(25)19-24(27)28-20-23(26)21-16-13-12-14-17-21/h12-14,16-17,22,25H,2-11,15,18-20H2,1H3. The van der Waals surface area contributed by atoms with Gasteiger partial charge in [0.15, 0.2) is 12.4 Å². The highest BCUT2D eigenvalue weighted by Crippen LogP contribution is 2.13. The van der Waals surface area contributed by atoms with E-state index < -0.39 is 12.1 Å². The number of aliphatic hydroxyl groups excluding tert-OH is 1. The summed E-state index contributed by atoms with van der Waals surface area (Å²) in [6, 6.07) is 8.75. The van der Waals surface area contributed by atoms with Crippen molar-refractivity contribution in [3.8, 4) is 0 Å². The third-order valence-corrected chi connectivity index (χ3v) is 5.00. The Morgan fingerprint density at radius 2 is 1.39 bits per heavy atom. The molecule has 0 spiro atoms. The van der Waals surface area contributed by atoms with E-state index in [1.165, 1.54) is 57.8 Å². The normalized spacial score (nSPS) is 11.9. The van der Waals surface area contributed by atoms with Crippen LogP contribution in [0.3, 0.4) is 0 Å². The molecule has 0 amide bonds. The van der Waals surface area contributed by atoms with Crippen molar-refractivity contribution in [2.75, 3.05) is 6.61 Å². The lowest BCUT2D eigenvalue weighted by Gasteiger charge is -2.10. The average Bonchev–Trinajstić information content (AvgIpc) is 2.71. The molecule has 1 N–H and O–H groups in total. The van der Waals surface area contributed by atoms with Gasteiger partial charge in [0.2, 0.25) is 0 Å².